The number of benzene rings is 1. The first-order valence-electron chi connectivity index (χ1n) is 5.41. The van der Waals surface area contributed by atoms with Crippen LogP contribution in [0.1, 0.15) is 5.82 Å². The molecule has 0 unspecified atom stereocenters. The molecule has 0 aliphatic rings. The summed E-state index contributed by atoms with van der Waals surface area (Å²) in [6.45, 7) is 2.52. The van der Waals surface area contributed by atoms with E-state index in [1.807, 2.05) is 23.6 Å². The third-order valence-electron chi connectivity index (χ3n) is 2.77. The number of ether oxygens (including phenoxy) is 2. The fourth-order valence-electron chi connectivity index (χ4n) is 1.95. The maximum absolute atomic E-state index is 9.04. The predicted molar refractivity (Wildman–Crippen MR) is 64.7 cm³/mol. The molecule has 2 aromatic rings. The molecule has 1 aromatic carbocycles. The molecule has 2 rings (SSSR count). The number of aryl methyl sites for hydroxylation is 1. The molecule has 0 aliphatic heterocycles. The lowest BCUT2D eigenvalue weighted by molar-refractivity contribution is 0.276. The molecule has 1 N–H and O–H groups in total. The molecule has 0 bridgehead atoms. The van der Waals surface area contributed by atoms with E-state index in [0.717, 1.165) is 16.9 Å². The van der Waals surface area contributed by atoms with Crippen LogP contribution < -0.4 is 9.47 Å². The molecule has 0 saturated carbocycles. The molecule has 0 fully saturated rings. The van der Waals surface area contributed by atoms with Crippen molar-refractivity contribution in [1.82, 2.24) is 9.55 Å². The Labute approximate surface area is 99.6 Å². The second kappa shape index (κ2) is 4.63. The van der Waals surface area contributed by atoms with Crippen LogP contribution in [0.3, 0.4) is 0 Å². The Morgan fingerprint density at radius 3 is 2.47 bits per heavy atom. The summed E-state index contributed by atoms with van der Waals surface area (Å²) in [6, 6.07) is 3.72. The third-order valence-corrected chi connectivity index (χ3v) is 2.77. The van der Waals surface area contributed by atoms with Crippen LogP contribution in [0, 0.1) is 6.92 Å². The van der Waals surface area contributed by atoms with Crippen LogP contribution in [0.4, 0.5) is 0 Å². The van der Waals surface area contributed by atoms with Gasteiger partial charge in [-0.05, 0) is 6.92 Å². The zero-order valence-corrected chi connectivity index (χ0v) is 10.2. The normalized spacial score (nSPS) is 10.8. The van der Waals surface area contributed by atoms with Gasteiger partial charge in [-0.1, -0.05) is 0 Å². The Balaban J connectivity index is 2.65. The maximum Gasteiger partial charge on any atom is 0.163 e. The highest BCUT2D eigenvalue weighted by molar-refractivity contribution is 5.80. The molecule has 1 heterocycles. The molecule has 5 nitrogen and oxygen atoms in total. The molecule has 0 atom stereocenters. The molecule has 1 aromatic heterocycles. The molecule has 0 amide bonds. The minimum Gasteiger partial charge on any atom is -0.493 e. The number of aliphatic hydroxyl groups is 1. The zero-order chi connectivity index (χ0) is 12.4. The smallest absolute Gasteiger partial charge is 0.163 e. The number of aromatic nitrogens is 2. The molecular formula is C12H16N2O3. The first-order valence-corrected chi connectivity index (χ1v) is 5.41. The SMILES string of the molecule is COc1cc2nc(C)n(CCO)c2cc1OC. The summed E-state index contributed by atoms with van der Waals surface area (Å²) in [6.07, 6.45) is 0. The van der Waals surface area contributed by atoms with Crippen LogP contribution in [0.2, 0.25) is 0 Å². The molecule has 17 heavy (non-hydrogen) atoms. The fourth-order valence-corrected chi connectivity index (χ4v) is 1.95. The molecule has 5 heteroatoms. The van der Waals surface area contributed by atoms with Crippen molar-refractivity contribution in [1.29, 1.82) is 0 Å². The van der Waals surface area contributed by atoms with Gasteiger partial charge in [0.25, 0.3) is 0 Å². The Morgan fingerprint density at radius 2 is 1.88 bits per heavy atom. The number of aliphatic hydroxyl groups excluding tert-OH is 1. The fraction of sp³-hybridized carbons (Fsp3) is 0.417. The quantitative estimate of drug-likeness (QED) is 0.870. The van der Waals surface area contributed by atoms with Gasteiger partial charge in [-0.15, -0.1) is 0 Å². The van der Waals surface area contributed by atoms with E-state index in [2.05, 4.69) is 4.98 Å². The van der Waals surface area contributed by atoms with E-state index in [0.29, 0.717) is 18.0 Å². The van der Waals surface area contributed by atoms with E-state index in [1.165, 1.54) is 0 Å². The summed E-state index contributed by atoms with van der Waals surface area (Å²) < 4.78 is 12.4. The van der Waals surface area contributed by atoms with Gasteiger partial charge in [-0.25, -0.2) is 4.98 Å². The van der Waals surface area contributed by atoms with E-state index in [1.54, 1.807) is 14.2 Å². The molecule has 0 radical (unpaired) electrons. The van der Waals surface area contributed by atoms with Crippen LogP contribution in [-0.4, -0.2) is 35.5 Å². The Hall–Kier alpha value is -1.75. The number of methoxy groups -OCH3 is 2. The van der Waals surface area contributed by atoms with Crippen molar-refractivity contribution in [2.24, 2.45) is 0 Å². The van der Waals surface area contributed by atoms with Gasteiger partial charge in [-0.3, -0.25) is 0 Å². The van der Waals surface area contributed by atoms with E-state index in [-0.39, 0.29) is 6.61 Å². The van der Waals surface area contributed by atoms with Crippen LogP contribution in [0.25, 0.3) is 11.0 Å². The summed E-state index contributed by atoms with van der Waals surface area (Å²) in [5, 5.41) is 9.04. The van der Waals surface area contributed by atoms with Gasteiger partial charge in [0.05, 0.1) is 31.9 Å². The summed E-state index contributed by atoms with van der Waals surface area (Å²) >= 11 is 0. The van der Waals surface area contributed by atoms with Crippen LogP contribution in [0.5, 0.6) is 11.5 Å². The lowest BCUT2D eigenvalue weighted by atomic mass is 10.2. The van der Waals surface area contributed by atoms with Gasteiger partial charge in [0.15, 0.2) is 11.5 Å². The summed E-state index contributed by atoms with van der Waals surface area (Å²) in [4.78, 5) is 4.43. The first-order chi connectivity index (χ1) is 8.21. The molecule has 0 spiro atoms. The number of rotatable bonds is 4. The van der Waals surface area contributed by atoms with Gasteiger partial charge < -0.3 is 19.1 Å². The highest BCUT2D eigenvalue weighted by atomic mass is 16.5. The van der Waals surface area contributed by atoms with Crippen LogP contribution in [-0.2, 0) is 6.54 Å². The van der Waals surface area contributed by atoms with Crippen molar-refractivity contribution < 1.29 is 14.6 Å². The standard InChI is InChI=1S/C12H16N2O3/c1-8-13-9-6-11(16-2)12(17-3)7-10(9)14(8)4-5-15/h6-7,15H,4-5H2,1-3H3. The molecule has 0 aliphatic carbocycles. The number of hydrogen-bond donors (Lipinski definition) is 1. The van der Waals surface area contributed by atoms with Crippen LogP contribution >= 0.6 is 0 Å². The lowest BCUT2D eigenvalue weighted by Gasteiger charge is -2.08. The number of nitrogens with zero attached hydrogens (tertiary/aromatic N) is 2. The highest BCUT2D eigenvalue weighted by Crippen LogP contribution is 2.32. The van der Waals surface area contributed by atoms with Gasteiger partial charge in [0.1, 0.15) is 5.82 Å². The first kappa shape index (κ1) is 11.7. The van der Waals surface area contributed by atoms with Crippen molar-refractivity contribution in [2.75, 3.05) is 20.8 Å². The largest absolute Gasteiger partial charge is 0.493 e. The van der Waals surface area contributed by atoms with Crippen molar-refractivity contribution in [3.8, 4) is 11.5 Å². The zero-order valence-electron chi connectivity index (χ0n) is 10.2. The number of imidazole rings is 1. The Kier molecular flexibility index (Phi) is 3.19. The van der Waals surface area contributed by atoms with E-state index < -0.39 is 0 Å². The van der Waals surface area contributed by atoms with E-state index in [9.17, 15) is 0 Å². The highest BCUT2D eigenvalue weighted by Gasteiger charge is 2.12. The summed E-state index contributed by atoms with van der Waals surface area (Å²) in [7, 11) is 3.20. The second-order valence-electron chi connectivity index (χ2n) is 3.73. The number of fused-ring (bicyclic) bond motifs is 1. The van der Waals surface area contributed by atoms with Crippen molar-refractivity contribution in [3.63, 3.8) is 0 Å². The lowest BCUT2D eigenvalue weighted by Crippen LogP contribution is -2.04. The molecular weight excluding hydrogens is 220 g/mol. The van der Waals surface area contributed by atoms with Gasteiger partial charge in [0, 0.05) is 18.7 Å². The topological polar surface area (TPSA) is 56.5 Å². The Bertz CT molecular complexity index is 534. The van der Waals surface area contributed by atoms with Crippen molar-refractivity contribution in [3.05, 3.63) is 18.0 Å². The minimum atomic E-state index is 0.0840. The van der Waals surface area contributed by atoms with Gasteiger partial charge in [0.2, 0.25) is 0 Å². The van der Waals surface area contributed by atoms with Crippen molar-refractivity contribution >= 4 is 11.0 Å². The predicted octanol–water partition coefficient (Wildman–Crippen LogP) is 1.35. The average Bonchev–Trinajstić information content (AvgIpc) is 2.64. The number of hydrogen-bond acceptors (Lipinski definition) is 4. The maximum atomic E-state index is 9.04. The molecule has 0 saturated heterocycles. The Morgan fingerprint density at radius 1 is 1.24 bits per heavy atom. The van der Waals surface area contributed by atoms with E-state index >= 15 is 0 Å². The van der Waals surface area contributed by atoms with E-state index in [4.69, 9.17) is 14.6 Å². The molecule has 92 valence electrons. The average molecular weight is 236 g/mol. The van der Waals surface area contributed by atoms with Gasteiger partial charge >= 0.3 is 0 Å². The summed E-state index contributed by atoms with van der Waals surface area (Å²) in [5.74, 6) is 2.19. The van der Waals surface area contributed by atoms with Gasteiger partial charge in [-0.2, -0.15) is 0 Å². The minimum absolute atomic E-state index is 0.0840. The second-order valence-corrected chi connectivity index (χ2v) is 3.73. The monoisotopic (exact) mass is 236 g/mol. The van der Waals surface area contributed by atoms with Crippen LogP contribution in [0.15, 0.2) is 12.1 Å². The third kappa shape index (κ3) is 1.93. The van der Waals surface area contributed by atoms with Crippen molar-refractivity contribution in [2.45, 2.75) is 13.5 Å². The summed E-state index contributed by atoms with van der Waals surface area (Å²) in [5.41, 5.74) is 1.78.